The first-order valence-electron chi connectivity index (χ1n) is 6.41. The van der Waals surface area contributed by atoms with E-state index < -0.39 is 0 Å². The van der Waals surface area contributed by atoms with Crippen molar-refractivity contribution in [3.63, 3.8) is 0 Å². The molecule has 2 rings (SSSR count). The number of rotatable bonds is 3. The third-order valence-electron chi connectivity index (χ3n) is 3.54. The fourth-order valence-corrected chi connectivity index (χ4v) is 2.53. The number of likely N-dealkylation sites (tertiary alicyclic amines) is 1. The fourth-order valence-electron chi connectivity index (χ4n) is 2.26. The van der Waals surface area contributed by atoms with Crippen molar-refractivity contribution in [1.82, 2.24) is 10.2 Å². The van der Waals surface area contributed by atoms with E-state index in [9.17, 15) is 4.79 Å². The molecule has 0 bridgehead atoms. The number of benzene rings is 1. The van der Waals surface area contributed by atoms with Crippen LogP contribution in [-0.4, -0.2) is 37.5 Å². The molecule has 1 aliphatic heterocycles. The largest absolute Gasteiger partial charge is 0.352 e. The number of piperidine rings is 1. The molecule has 98 valence electrons. The molecule has 3 nitrogen and oxygen atoms in total. The van der Waals surface area contributed by atoms with Gasteiger partial charge in [0.05, 0.1) is 5.56 Å². The Balaban J connectivity index is 1.84. The first-order valence-corrected chi connectivity index (χ1v) is 6.86. The van der Waals surface area contributed by atoms with Gasteiger partial charge in [0.1, 0.15) is 0 Å². The van der Waals surface area contributed by atoms with Crippen molar-refractivity contribution < 1.29 is 4.79 Å². The van der Waals surface area contributed by atoms with Gasteiger partial charge in [-0.05, 0) is 51.0 Å². The van der Waals surface area contributed by atoms with Crippen LogP contribution in [0, 0.1) is 5.92 Å². The molecule has 1 amide bonds. The highest BCUT2D eigenvalue weighted by molar-refractivity contribution is 7.80. The Morgan fingerprint density at radius 1 is 1.39 bits per heavy atom. The van der Waals surface area contributed by atoms with Crippen LogP contribution >= 0.6 is 12.6 Å². The zero-order valence-electron chi connectivity index (χ0n) is 10.7. The standard InChI is InChI=1S/C14H20N2OS/c1-16-8-6-11(7-9-16)10-15-14(17)12-4-2-3-5-13(12)18/h2-5,11,18H,6-10H2,1H3,(H,15,17). The van der Waals surface area contributed by atoms with E-state index in [0.29, 0.717) is 11.5 Å². The second-order valence-electron chi connectivity index (χ2n) is 4.97. The van der Waals surface area contributed by atoms with E-state index in [2.05, 4.69) is 29.9 Å². The molecule has 1 fully saturated rings. The number of hydrogen-bond donors (Lipinski definition) is 2. The van der Waals surface area contributed by atoms with Gasteiger partial charge in [-0.15, -0.1) is 12.6 Å². The van der Waals surface area contributed by atoms with Crippen LogP contribution in [0.2, 0.25) is 0 Å². The maximum Gasteiger partial charge on any atom is 0.252 e. The van der Waals surface area contributed by atoms with Crippen molar-refractivity contribution in [3.8, 4) is 0 Å². The zero-order valence-corrected chi connectivity index (χ0v) is 11.6. The van der Waals surface area contributed by atoms with Gasteiger partial charge in [0.15, 0.2) is 0 Å². The van der Waals surface area contributed by atoms with Crippen LogP contribution in [0.25, 0.3) is 0 Å². The van der Waals surface area contributed by atoms with Crippen LogP contribution in [0.15, 0.2) is 29.2 Å². The van der Waals surface area contributed by atoms with Gasteiger partial charge in [0.2, 0.25) is 0 Å². The molecule has 1 saturated heterocycles. The van der Waals surface area contributed by atoms with Crippen LogP contribution in [0.4, 0.5) is 0 Å². The molecule has 1 aliphatic rings. The number of hydrogen-bond acceptors (Lipinski definition) is 3. The van der Waals surface area contributed by atoms with Gasteiger partial charge in [-0.2, -0.15) is 0 Å². The molecule has 0 aliphatic carbocycles. The fraction of sp³-hybridized carbons (Fsp3) is 0.500. The van der Waals surface area contributed by atoms with Gasteiger partial charge in [-0.3, -0.25) is 4.79 Å². The number of nitrogens with zero attached hydrogens (tertiary/aromatic N) is 1. The van der Waals surface area contributed by atoms with Crippen molar-refractivity contribution >= 4 is 18.5 Å². The summed E-state index contributed by atoms with van der Waals surface area (Å²) >= 11 is 4.30. The molecule has 0 spiro atoms. The number of amides is 1. The molecular formula is C14H20N2OS. The molecule has 0 unspecified atom stereocenters. The molecule has 4 heteroatoms. The van der Waals surface area contributed by atoms with E-state index in [4.69, 9.17) is 0 Å². The van der Waals surface area contributed by atoms with E-state index in [-0.39, 0.29) is 5.91 Å². The summed E-state index contributed by atoms with van der Waals surface area (Å²) in [6.45, 7) is 3.03. The Labute approximate surface area is 114 Å². The van der Waals surface area contributed by atoms with E-state index in [1.807, 2.05) is 24.3 Å². The van der Waals surface area contributed by atoms with Crippen LogP contribution in [-0.2, 0) is 0 Å². The Bertz CT molecular complexity index is 414. The first kappa shape index (κ1) is 13.4. The Morgan fingerprint density at radius 3 is 2.72 bits per heavy atom. The Kier molecular flexibility index (Phi) is 4.66. The normalized spacial score (nSPS) is 17.7. The Hall–Kier alpha value is -1.00. The van der Waals surface area contributed by atoms with E-state index in [1.165, 1.54) is 12.8 Å². The quantitative estimate of drug-likeness (QED) is 0.819. The number of thiol groups is 1. The molecule has 0 aromatic heterocycles. The smallest absolute Gasteiger partial charge is 0.252 e. The minimum Gasteiger partial charge on any atom is -0.352 e. The second-order valence-corrected chi connectivity index (χ2v) is 5.46. The average Bonchev–Trinajstić information content (AvgIpc) is 2.38. The molecule has 1 aromatic rings. The molecular weight excluding hydrogens is 244 g/mol. The molecule has 18 heavy (non-hydrogen) atoms. The van der Waals surface area contributed by atoms with E-state index in [0.717, 1.165) is 24.5 Å². The monoisotopic (exact) mass is 264 g/mol. The van der Waals surface area contributed by atoms with E-state index in [1.54, 1.807) is 0 Å². The average molecular weight is 264 g/mol. The van der Waals surface area contributed by atoms with Gasteiger partial charge in [0, 0.05) is 11.4 Å². The minimum atomic E-state index is -0.0143. The highest BCUT2D eigenvalue weighted by Crippen LogP contribution is 2.16. The predicted molar refractivity (Wildman–Crippen MR) is 76.2 cm³/mol. The van der Waals surface area contributed by atoms with Crippen LogP contribution in [0.5, 0.6) is 0 Å². The lowest BCUT2D eigenvalue weighted by Crippen LogP contribution is -2.36. The zero-order chi connectivity index (χ0) is 13.0. The van der Waals surface area contributed by atoms with Crippen LogP contribution in [0.3, 0.4) is 0 Å². The summed E-state index contributed by atoms with van der Waals surface area (Å²) in [4.78, 5) is 15.1. The van der Waals surface area contributed by atoms with Gasteiger partial charge < -0.3 is 10.2 Å². The van der Waals surface area contributed by atoms with Crippen molar-refractivity contribution in [1.29, 1.82) is 0 Å². The third-order valence-corrected chi connectivity index (χ3v) is 3.93. The first-order chi connectivity index (χ1) is 8.66. The minimum absolute atomic E-state index is 0.0143. The van der Waals surface area contributed by atoms with Gasteiger partial charge in [-0.1, -0.05) is 12.1 Å². The summed E-state index contributed by atoms with van der Waals surface area (Å²) in [5.41, 5.74) is 0.661. The molecule has 1 aromatic carbocycles. The van der Waals surface area contributed by atoms with Crippen molar-refractivity contribution in [2.45, 2.75) is 17.7 Å². The maximum absolute atomic E-state index is 12.0. The molecule has 0 saturated carbocycles. The van der Waals surface area contributed by atoms with E-state index >= 15 is 0 Å². The summed E-state index contributed by atoms with van der Waals surface area (Å²) in [5.74, 6) is 0.594. The van der Waals surface area contributed by atoms with Crippen LogP contribution < -0.4 is 5.32 Å². The third kappa shape index (κ3) is 3.50. The number of carbonyl (C=O) groups is 1. The molecule has 1 heterocycles. The maximum atomic E-state index is 12.0. The predicted octanol–water partition coefficient (Wildman–Crippen LogP) is 2.05. The Morgan fingerprint density at radius 2 is 2.06 bits per heavy atom. The van der Waals surface area contributed by atoms with Crippen molar-refractivity contribution in [2.75, 3.05) is 26.7 Å². The lowest BCUT2D eigenvalue weighted by Gasteiger charge is -2.28. The molecule has 0 radical (unpaired) electrons. The van der Waals surface area contributed by atoms with Gasteiger partial charge in [0.25, 0.3) is 5.91 Å². The number of carbonyl (C=O) groups excluding carboxylic acids is 1. The molecule has 0 atom stereocenters. The van der Waals surface area contributed by atoms with Crippen molar-refractivity contribution in [3.05, 3.63) is 29.8 Å². The topological polar surface area (TPSA) is 32.3 Å². The van der Waals surface area contributed by atoms with Gasteiger partial charge in [-0.25, -0.2) is 0 Å². The summed E-state index contributed by atoms with van der Waals surface area (Å²) in [5, 5.41) is 3.02. The summed E-state index contributed by atoms with van der Waals surface area (Å²) in [6, 6.07) is 7.40. The SMILES string of the molecule is CN1CCC(CNC(=O)c2ccccc2S)CC1. The number of nitrogens with one attached hydrogen (secondary N) is 1. The second kappa shape index (κ2) is 6.25. The highest BCUT2D eigenvalue weighted by Gasteiger charge is 2.17. The summed E-state index contributed by atoms with van der Waals surface area (Å²) in [7, 11) is 2.14. The summed E-state index contributed by atoms with van der Waals surface area (Å²) in [6.07, 6.45) is 2.33. The summed E-state index contributed by atoms with van der Waals surface area (Å²) < 4.78 is 0. The lowest BCUT2D eigenvalue weighted by molar-refractivity contribution is 0.0936. The molecule has 1 N–H and O–H groups in total. The lowest BCUT2D eigenvalue weighted by atomic mass is 9.97. The van der Waals surface area contributed by atoms with Crippen LogP contribution in [0.1, 0.15) is 23.2 Å². The van der Waals surface area contributed by atoms with Crippen molar-refractivity contribution in [2.24, 2.45) is 5.92 Å². The highest BCUT2D eigenvalue weighted by atomic mass is 32.1. The van der Waals surface area contributed by atoms with Gasteiger partial charge >= 0.3 is 0 Å².